The maximum absolute atomic E-state index is 12.4. The van der Waals surface area contributed by atoms with Gasteiger partial charge in [-0.3, -0.25) is 4.79 Å². The number of rotatable bonds is 6. The lowest BCUT2D eigenvalue weighted by molar-refractivity contribution is -0.120. The van der Waals surface area contributed by atoms with Gasteiger partial charge in [0, 0.05) is 13.7 Å². The molecular weight excluding hydrogens is 324 g/mol. The topological polar surface area (TPSA) is 50.4 Å². The molecule has 0 radical (unpaired) electrons. The van der Waals surface area contributed by atoms with Crippen molar-refractivity contribution in [3.8, 4) is 0 Å². The second kappa shape index (κ2) is 8.47. The predicted octanol–water partition coefficient (Wildman–Crippen LogP) is 2.69. The Kier molecular flexibility index (Phi) is 6.60. The molecule has 3 rings (SSSR count). The number of nitrogens with one attached hydrogen (secondary N) is 2. The van der Waals surface area contributed by atoms with Crippen LogP contribution in [0.2, 0.25) is 0 Å². The number of amides is 1. The van der Waals surface area contributed by atoms with E-state index in [1.54, 1.807) is 7.11 Å². The van der Waals surface area contributed by atoms with Gasteiger partial charge in [-0.2, -0.15) is 0 Å². The van der Waals surface area contributed by atoms with E-state index >= 15 is 0 Å². The first-order chi connectivity index (χ1) is 11.2. The zero-order valence-corrected chi connectivity index (χ0v) is 14.8. The summed E-state index contributed by atoms with van der Waals surface area (Å²) in [4.78, 5) is 12.4. The fourth-order valence-electron chi connectivity index (χ4n) is 3.42. The predicted molar refractivity (Wildman–Crippen MR) is 99.8 cm³/mol. The molecule has 0 spiro atoms. The second-order valence-electron chi connectivity index (χ2n) is 6.34. The Bertz CT molecular complexity index is 679. The van der Waals surface area contributed by atoms with Crippen LogP contribution in [0.4, 0.5) is 0 Å². The van der Waals surface area contributed by atoms with Gasteiger partial charge >= 0.3 is 0 Å². The zero-order chi connectivity index (χ0) is 16.1. The molecule has 130 valence electrons. The second-order valence-corrected chi connectivity index (χ2v) is 6.34. The zero-order valence-electron chi connectivity index (χ0n) is 14.0. The molecule has 1 atom stereocenters. The van der Waals surface area contributed by atoms with E-state index in [0.717, 1.165) is 30.3 Å². The standard InChI is InChI=1S/C19H24N2O2.ClH/c1-23-14-19(10-5-11-21-19)13-20-18(22)12-16-8-4-7-15-6-2-3-9-17(15)16;/h2-4,6-9,21H,5,10-14H2,1H3,(H,20,22);1H. The van der Waals surface area contributed by atoms with Crippen molar-refractivity contribution in [1.82, 2.24) is 10.6 Å². The lowest BCUT2D eigenvalue weighted by atomic mass is 9.98. The van der Waals surface area contributed by atoms with Crippen molar-refractivity contribution < 1.29 is 9.53 Å². The third-order valence-electron chi connectivity index (χ3n) is 4.61. The molecule has 1 aliphatic rings. The van der Waals surface area contributed by atoms with Crippen LogP contribution in [-0.4, -0.2) is 38.3 Å². The highest BCUT2D eigenvalue weighted by Crippen LogP contribution is 2.20. The molecule has 1 fully saturated rings. The van der Waals surface area contributed by atoms with Gasteiger partial charge in [0.1, 0.15) is 0 Å². The van der Waals surface area contributed by atoms with Crippen molar-refractivity contribution in [2.75, 3.05) is 26.8 Å². The van der Waals surface area contributed by atoms with Crippen LogP contribution in [0.1, 0.15) is 18.4 Å². The van der Waals surface area contributed by atoms with Gasteiger partial charge in [-0.1, -0.05) is 42.5 Å². The van der Waals surface area contributed by atoms with E-state index in [4.69, 9.17) is 4.74 Å². The molecule has 0 aromatic heterocycles. The summed E-state index contributed by atoms with van der Waals surface area (Å²) in [6, 6.07) is 14.3. The van der Waals surface area contributed by atoms with Crippen molar-refractivity contribution in [2.45, 2.75) is 24.8 Å². The van der Waals surface area contributed by atoms with E-state index < -0.39 is 0 Å². The first-order valence-electron chi connectivity index (χ1n) is 8.20. The molecule has 0 bridgehead atoms. The minimum absolute atomic E-state index is 0. The quantitative estimate of drug-likeness (QED) is 0.844. The summed E-state index contributed by atoms with van der Waals surface area (Å²) in [5, 5.41) is 8.88. The maximum atomic E-state index is 12.4. The van der Waals surface area contributed by atoms with Crippen LogP contribution in [0.15, 0.2) is 42.5 Å². The van der Waals surface area contributed by atoms with Crippen molar-refractivity contribution in [3.05, 3.63) is 48.0 Å². The Balaban J connectivity index is 0.00000208. The Labute approximate surface area is 149 Å². The molecule has 1 saturated heterocycles. The SMILES string of the molecule is COCC1(CNC(=O)Cc2cccc3ccccc23)CCCN1.Cl. The summed E-state index contributed by atoms with van der Waals surface area (Å²) in [5.74, 6) is 0.0607. The van der Waals surface area contributed by atoms with Crippen LogP contribution >= 0.6 is 12.4 Å². The van der Waals surface area contributed by atoms with Crippen LogP contribution in [0.25, 0.3) is 10.8 Å². The van der Waals surface area contributed by atoms with E-state index in [1.165, 1.54) is 5.39 Å². The van der Waals surface area contributed by atoms with Crippen molar-refractivity contribution in [1.29, 1.82) is 0 Å². The van der Waals surface area contributed by atoms with Crippen LogP contribution in [0.3, 0.4) is 0 Å². The first-order valence-corrected chi connectivity index (χ1v) is 8.20. The van der Waals surface area contributed by atoms with Crippen molar-refractivity contribution >= 4 is 29.1 Å². The molecule has 5 heteroatoms. The minimum atomic E-state index is -0.108. The molecule has 24 heavy (non-hydrogen) atoms. The minimum Gasteiger partial charge on any atom is -0.383 e. The Morgan fingerprint density at radius 3 is 2.79 bits per heavy atom. The Morgan fingerprint density at radius 2 is 2.04 bits per heavy atom. The molecular formula is C19H25ClN2O2. The fraction of sp³-hybridized carbons (Fsp3) is 0.421. The Hall–Kier alpha value is -1.62. The molecule has 1 heterocycles. The number of carbonyl (C=O) groups is 1. The monoisotopic (exact) mass is 348 g/mol. The molecule has 4 nitrogen and oxygen atoms in total. The van der Waals surface area contributed by atoms with Crippen LogP contribution < -0.4 is 10.6 Å². The number of benzene rings is 2. The van der Waals surface area contributed by atoms with Crippen LogP contribution in [-0.2, 0) is 16.0 Å². The highest BCUT2D eigenvalue weighted by molar-refractivity contribution is 5.90. The maximum Gasteiger partial charge on any atom is 0.224 e. The van der Waals surface area contributed by atoms with E-state index in [0.29, 0.717) is 19.6 Å². The number of methoxy groups -OCH3 is 1. The number of hydrogen-bond acceptors (Lipinski definition) is 3. The summed E-state index contributed by atoms with van der Waals surface area (Å²) in [6.07, 6.45) is 2.57. The molecule has 2 N–H and O–H groups in total. The van der Waals surface area contributed by atoms with Gasteiger partial charge < -0.3 is 15.4 Å². The number of fused-ring (bicyclic) bond motifs is 1. The number of hydrogen-bond donors (Lipinski definition) is 2. The van der Waals surface area contributed by atoms with E-state index in [9.17, 15) is 4.79 Å². The summed E-state index contributed by atoms with van der Waals surface area (Å²) >= 11 is 0. The van der Waals surface area contributed by atoms with Gasteiger partial charge in [0.05, 0.1) is 18.6 Å². The summed E-state index contributed by atoms with van der Waals surface area (Å²) in [7, 11) is 1.71. The van der Waals surface area contributed by atoms with Gasteiger partial charge in [-0.15, -0.1) is 12.4 Å². The molecule has 0 saturated carbocycles. The number of halogens is 1. The summed E-state index contributed by atoms with van der Waals surface area (Å²) in [6.45, 7) is 2.23. The van der Waals surface area contributed by atoms with Crippen molar-refractivity contribution in [3.63, 3.8) is 0 Å². The van der Waals surface area contributed by atoms with Crippen LogP contribution in [0.5, 0.6) is 0 Å². The average Bonchev–Trinajstić information content (AvgIpc) is 3.03. The molecule has 0 aliphatic carbocycles. The van der Waals surface area contributed by atoms with Gasteiger partial charge in [-0.25, -0.2) is 0 Å². The van der Waals surface area contributed by atoms with Crippen molar-refractivity contribution in [2.24, 2.45) is 0 Å². The van der Waals surface area contributed by atoms with E-state index in [2.05, 4.69) is 28.8 Å². The summed E-state index contributed by atoms with van der Waals surface area (Å²) in [5.41, 5.74) is 0.962. The van der Waals surface area contributed by atoms with Crippen LogP contribution in [0, 0.1) is 0 Å². The lowest BCUT2D eigenvalue weighted by Gasteiger charge is -2.29. The fourth-order valence-corrected chi connectivity index (χ4v) is 3.42. The number of ether oxygens (including phenoxy) is 1. The Morgan fingerprint density at radius 1 is 1.25 bits per heavy atom. The van der Waals surface area contributed by atoms with E-state index in [1.807, 2.05) is 24.3 Å². The molecule has 1 unspecified atom stereocenters. The smallest absolute Gasteiger partial charge is 0.224 e. The highest BCUT2D eigenvalue weighted by atomic mass is 35.5. The van der Waals surface area contributed by atoms with Gasteiger partial charge in [-0.05, 0) is 35.7 Å². The van der Waals surface area contributed by atoms with E-state index in [-0.39, 0.29) is 23.9 Å². The molecule has 1 aliphatic heterocycles. The highest BCUT2D eigenvalue weighted by Gasteiger charge is 2.33. The molecule has 2 aromatic carbocycles. The first kappa shape index (κ1) is 18.7. The third kappa shape index (κ3) is 4.26. The van der Waals surface area contributed by atoms with Gasteiger partial charge in [0.25, 0.3) is 0 Å². The average molecular weight is 349 g/mol. The third-order valence-corrected chi connectivity index (χ3v) is 4.61. The largest absolute Gasteiger partial charge is 0.383 e. The van der Waals surface area contributed by atoms with Gasteiger partial charge in [0.2, 0.25) is 5.91 Å². The molecule has 1 amide bonds. The number of carbonyl (C=O) groups excluding carboxylic acids is 1. The normalized spacial score (nSPS) is 19.9. The lowest BCUT2D eigenvalue weighted by Crippen LogP contribution is -2.53. The molecule has 2 aromatic rings. The summed E-state index contributed by atoms with van der Waals surface area (Å²) < 4.78 is 5.32. The van der Waals surface area contributed by atoms with Gasteiger partial charge in [0.15, 0.2) is 0 Å².